The highest BCUT2D eigenvalue weighted by Gasteiger charge is 2.24. The van der Waals surface area contributed by atoms with Crippen LogP contribution in [0.25, 0.3) is 11.0 Å². The van der Waals surface area contributed by atoms with E-state index in [0.29, 0.717) is 24.4 Å². The van der Waals surface area contributed by atoms with Gasteiger partial charge in [-0.2, -0.15) is 4.31 Å². The number of ether oxygens (including phenoxy) is 1. The normalized spacial score (nSPS) is 11.8. The molecule has 0 radical (unpaired) electrons. The van der Waals surface area contributed by atoms with E-state index in [1.807, 2.05) is 12.1 Å². The van der Waals surface area contributed by atoms with Crippen LogP contribution in [0.15, 0.2) is 56.2 Å². The van der Waals surface area contributed by atoms with E-state index in [9.17, 15) is 13.2 Å². The third kappa shape index (κ3) is 4.31. The zero-order chi connectivity index (χ0) is 21.2. The quantitative estimate of drug-likeness (QED) is 0.538. The van der Waals surface area contributed by atoms with E-state index < -0.39 is 15.9 Å². The van der Waals surface area contributed by atoms with Crippen LogP contribution in [-0.4, -0.2) is 38.8 Å². The molecule has 0 saturated heterocycles. The van der Waals surface area contributed by atoms with E-state index in [1.165, 1.54) is 29.6 Å². The Balaban J connectivity index is 1.95. The van der Waals surface area contributed by atoms with E-state index in [-0.39, 0.29) is 16.3 Å². The van der Waals surface area contributed by atoms with Crippen LogP contribution in [0.2, 0.25) is 0 Å². The maximum absolute atomic E-state index is 12.8. The van der Waals surface area contributed by atoms with Gasteiger partial charge in [0, 0.05) is 22.9 Å². The first-order chi connectivity index (χ1) is 13.8. The van der Waals surface area contributed by atoms with Crippen LogP contribution in [0.4, 0.5) is 5.69 Å². The molecule has 2 aromatic carbocycles. The lowest BCUT2D eigenvalue weighted by atomic mass is 10.2. The first-order valence-electron chi connectivity index (χ1n) is 8.98. The number of rotatable bonds is 7. The number of benzene rings is 2. The van der Waals surface area contributed by atoms with Gasteiger partial charge in [-0.1, -0.05) is 29.8 Å². The highest BCUT2D eigenvalue weighted by molar-refractivity contribution is 9.10. The van der Waals surface area contributed by atoms with Gasteiger partial charge in [-0.05, 0) is 42.5 Å². The SMILES string of the molecule is CCN(CC)S(=O)(=O)c1ccc(OC)c(NC(=O)c2cc3cc(Br)ccc3o2)c1. The lowest BCUT2D eigenvalue weighted by Gasteiger charge is -2.19. The Bertz CT molecular complexity index is 1150. The molecule has 0 spiro atoms. The number of furan rings is 1. The molecule has 0 aliphatic rings. The lowest BCUT2D eigenvalue weighted by molar-refractivity contribution is 0.0998. The van der Waals surface area contributed by atoms with Crippen molar-refractivity contribution in [3.63, 3.8) is 0 Å². The van der Waals surface area contributed by atoms with Crippen molar-refractivity contribution < 1.29 is 22.4 Å². The average molecular weight is 481 g/mol. The summed E-state index contributed by atoms with van der Waals surface area (Å²) in [4.78, 5) is 12.8. The number of anilines is 1. The van der Waals surface area contributed by atoms with Crippen molar-refractivity contribution in [1.29, 1.82) is 0 Å². The maximum Gasteiger partial charge on any atom is 0.291 e. The van der Waals surface area contributed by atoms with Crippen LogP contribution < -0.4 is 10.1 Å². The molecular formula is C20H21BrN2O5S. The van der Waals surface area contributed by atoms with Crippen molar-refractivity contribution in [3.8, 4) is 5.75 Å². The number of hydrogen-bond acceptors (Lipinski definition) is 5. The molecule has 1 heterocycles. The predicted octanol–water partition coefficient (Wildman–Crippen LogP) is 4.49. The molecule has 1 amide bonds. The molecule has 3 aromatic rings. The number of nitrogens with zero attached hydrogens (tertiary/aromatic N) is 1. The van der Waals surface area contributed by atoms with Crippen molar-refractivity contribution in [1.82, 2.24) is 4.31 Å². The fourth-order valence-electron chi connectivity index (χ4n) is 2.97. The molecular weight excluding hydrogens is 460 g/mol. The Kier molecular flexibility index (Phi) is 6.30. The second kappa shape index (κ2) is 8.56. The van der Waals surface area contributed by atoms with Crippen molar-refractivity contribution in [2.45, 2.75) is 18.7 Å². The molecule has 29 heavy (non-hydrogen) atoms. The smallest absolute Gasteiger partial charge is 0.291 e. The largest absolute Gasteiger partial charge is 0.495 e. The van der Waals surface area contributed by atoms with Gasteiger partial charge in [-0.15, -0.1) is 0 Å². The van der Waals surface area contributed by atoms with E-state index in [2.05, 4.69) is 21.2 Å². The van der Waals surface area contributed by atoms with Crippen molar-refractivity contribution in [2.75, 3.05) is 25.5 Å². The molecule has 0 aliphatic carbocycles. The molecule has 9 heteroatoms. The highest BCUT2D eigenvalue weighted by atomic mass is 79.9. The van der Waals surface area contributed by atoms with Crippen LogP contribution in [0.3, 0.4) is 0 Å². The minimum atomic E-state index is -3.68. The number of methoxy groups -OCH3 is 1. The van der Waals surface area contributed by atoms with E-state index in [4.69, 9.17) is 9.15 Å². The monoisotopic (exact) mass is 480 g/mol. The van der Waals surface area contributed by atoms with Gasteiger partial charge in [0.1, 0.15) is 11.3 Å². The van der Waals surface area contributed by atoms with Crippen molar-refractivity contribution in [3.05, 3.63) is 52.7 Å². The third-order valence-corrected chi connectivity index (χ3v) is 7.00. The second-order valence-electron chi connectivity index (χ2n) is 6.20. The molecule has 0 bridgehead atoms. The first-order valence-corrected chi connectivity index (χ1v) is 11.2. The van der Waals surface area contributed by atoms with Crippen LogP contribution in [0, 0.1) is 0 Å². The summed E-state index contributed by atoms with van der Waals surface area (Å²) in [5.74, 6) is -0.0548. The number of amides is 1. The third-order valence-electron chi connectivity index (χ3n) is 4.46. The summed E-state index contributed by atoms with van der Waals surface area (Å²) in [6.45, 7) is 4.24. The fourth-order valence-corrected chi connectivity index (χ4v) is 4.83. The standard InChI is InChI=1S/C20H21BrN2O5S/c1-4-23(5-2)29(25,26)15-7-9-18(27-3)16(12-15)22-20(24)19-11-13-10-14(21)6-8-17(13)28-19/h6-12H,4-5H2,1-3H3,(H,22,24). The Morgan fingerprint density at radius 3 is 2.52 bits per heavy atom. The minimum absolute atomic E-state index is 0.0748. The Hall–Kier alpha value is -2.36. The fraction of sp³-hybridized carbons (Fsp3) is 0.250. The van der Waals surface area contributed by atoms with Crippen molar-refractivity contribution >= 4 is 48.5 Å². The van der Waals surface area contributed by atoms with E-state index >= 15 is 0 Å². The molecule has 1 N–H and O–H groups in total. The van der Waals surface area contributed by atoms with Crippen molar-refractivity contribution in [2.24, 2.45) is 0 Å². The second-order valence-corrected chi connectivity index (χ2v) is 9.05. The molecule has 0 atom stereocenters. The highest BCUT2D eigenvalue weighted by Crippen LogP contribution is 2.30. The summed E-state index contributed by atoms with van der Waals surface area (Å²) < 4.78 is 38.7. The number of fused-ring (bicyclic) bond motifs is 1. The van der Waals surface area contributed by atoms with Gasteiger partial charge in [-0.25, -0.2) is 8.42 Å². The summed E-state index contributed by atoms with van der Waals surface area (Å²) in [6.07, 6.45) is 0. The molecule has 0 aliphatic heterocycles. The molecule has 0 fully saturated rings. The van der Waals surface area contributed by atoms with E-state index in [0.717, 1.165) is 9.86 Å². The minimum Gasteiger partial charge on any atom is -0.495 e. The predicted molar refractivity (Wildman–Crippen MR) is 115 cm³/mol. The van der Waals surface area contributed by atoms with Gasteiger partial charge in [0.05, 0.1) is 17.7 Å². The van der Waals surface area contributed by atoms with Gasteiger partial charge in [-0.3, -0.25) is 4.79 Å². The molecule has 3 rings (SSSR count). The first kappa shape index (κ1) is 21.4. The number of sulfonamides is 1. The Morgan fingerprint density at radius 2 is 1.86 bits per heavy atom. The van der Waals surface area contributed by atoms with Gasteiger partial charge in [0.2, 0.25) is 10.0 Å². The average Bonchev–Trinajstić information content (AvgIpc) is 3.12. The summed E-state index contributed by atoms with van der Waals surface area (Å²) in [5.41, 5.74) is 0.815. The summed E-state index contributed by atoms with van der Waals surface area (Å²) >= 11 is 3.38. The summed E-state index contributed by atoms with van der Waals surface area (Å²) in [7, 11) is -2.23. The van der Waals surface area contributed by atoms with Crippen LogP contribution >= 0.6 is 15.9 Å². The molecule has 154 valence electrons. The summed E-state index contributed by atoms with van der Waals surface area (Å²) in [5, 5.41) is 3.46. The van der Waals surface area contributed by atoms with Gasteiger partial charge < -0.3 is 14.5 Å². The van der Waals surface area contributed by atoms with Crippen LogP contribution in [0.1, 0.15) is 24.4 Å². The molecule has 0 saturated carbocycles. The number of carbonyl (C=O) groups is 1. The number of halogens is 1. The number of hydrogen-bond donors (Lipinski definition) is 1. The Labute approximate surface area is 177 Å². The van der Waals surface area contributed by atoms with Gasteiger partial charge in [0.15, 0.2) is 5.76 Å². The number of carbonyl (C=O) groups excluding carboxylic acids is 1. The molecule has 1 aromatic heterocycles. The zero-order valence-electron chi connectivity index (χ0n) is 16.2. The Morgan fingerprint density at radius 1 is 1.14 bits per heavy atom. The zero-order valence-corrected chi connectivity index (χ0v) is 18.6. The lowest BCUT2D eigenvalue weighted by Crippen LogP contribution is -2.30. The van der Waals surface area contributed by atoms with E-state index in [1.54, 1.807) is 26.0 Å². The van der Waals surface area contributed by atoms with Gasteiger partial charge >= 0.3 is 0 Å². The molecule has 7 nitrogen and oxygen atoms in total. The van der Waals surface area contributed by atoms with Crippen LogP contribution in [-0.2, 0) is 10.0 Å². The topological polar surface area (TPSA) is 88.9 Å². The molecule has 0 unspecified atom stereocenters. The van der Waals surface area contributed by atoms with Gasteiger partial charge in [0.25, 0.3) is 5.91 Å². The van der Waals surface area contributed by atoms with Crippen LogP contribution in [0.5, 0.6) is 5.75 Å². The summed E-state index contributed by atoms with van der Waals surface area (Å²) in [6, 6.07) is 11.4. The number of nitrogens with one attached hydrogen (secondary N) is 1. The maximum atomic E-state index is 12.8.